The van der Waals surface area contributed by atoms with E-state index in [1.807, 2.05) is 6.07 Å². The Morgan fingerprint density at radius 2 is 1.71 bits per heavy atom. The van der Waals surface area contributed by atoms with Crippen LogP contribution in [0.1, 0.15) is 56.9 Å². The number of nitrogens with zero attached hydrogens (tertiary/aromatic N) is 1. The lowest BCUT2D eigenvalue weighted by molar-refractivity contribution is -0.133. The van der Waals surface area contributed by atoms with Crippen LogP contribution in [0.3, 0.4) is 0 Å². The molecule has 0 radical (unpaired) electrons. The van der Waals surface area contributed by atoms with Crippen molar-refractivity contribution in [2.75, 3.05) is 19.6 Å². The Morgan fingerprint density at radius 3 is 2.32 bits per heavy atom. The van der Waals surface area contributed by atoms with Crippen LogP contribution in [-0.4, -0.2) is 47.1 Å². The summed E-state index contributed by atoms with van der Waals surface area (Å²) in [5, 5.41) is 13.9. The summed E-state index contributed by atoms with van der Waals surface area (Å²) in [6, 6.07) is 10.5. The minimum absolute atomic E-state index is 0.00245. The molecule has 0 aromatic heterocycles. The molecule has 1 heterocycles. The molecule has 0 spiro atoms. The van der Waals surface area contributed by atoms with Gasteiger partial charge in [-0.15, -0.1) is 0 Å². The van der Waals surface area contributed by atoms with Crippen LogP contribution in [0, 0.1) is 0 Å². The van der Waals surface area contributed by atoms with E-state index in [1.165, 1.54) is 30.9 Å². The van der Waals surface area contributed by atoms with Crippen LogP contribution in [0.15, 0.2) is 43.0 Å². The SMILES string of the molecule is C=CC(=O)N1CCC(O)(CC(=O)NCC2(c3ccccc3)CCCCC2)CC1. The van der Waals surface area contributed by atoms with Crippen LogP contribution in [0.25, 0.3) is 0 Å². The standard InChI is InChI=1S/C23H32N2O3/c1-2-21(27)25-15-13-23(28,14-16-25)17-20(26)24-18-22(11-7-4-8-12-22)19-9-5-3-6-10-19/h2-3,5-6,9-10,28H,1,4,7-8,11-18H2,(H,24,26). The third-order valence-electron chi connectivity index (χ3n) is 6.49. The molecule has 1 aliphatic carbocycles. The second kappa shape index (κ2) is 8.91. The maximum atomic E-state index is 12.6. The molecule has 0 bridgehead atoms. The van der Waals surface area contributed by atoms with E-state index in [4.69, 9.17) is 0 Å². The predicted molar refractivity (Wildman–Crippen MR) is 110 cm³/mol. The molecule has 1 aliphatic heterocycles. The Bertz CT molecular complexity index is 687. The minimum atomic E-state index is -1.03. The van der Waals surface area contributed by atoms with Gasteiger partial charge in [-0.2, -0.15) is 0 Å². The van der Waals surface area contributed by atoms with Gasteiger partial charge in [0.2, 0.25) is 11.8 Å². The molecule has 3 rings (SSSR count). The van der Waals surface area contributed by atoms with Gasteiger partial charge in [-0.05, 0) is 37.3 Å². The predicted octanol–water partition coefficient (Wildman–Crippen LogP) is 2.93. The molecule has 152 valence electrons. The summed E-state index contributed by atoms with van der Waals surface area (Å²) < 4.78 is 0. The van der Waals surface area contributed by atoms with Crippen LogP contribution in [0.2, 0.25) is 0 Å². The van der Waals surface area contributed by atoms with E-state index in [1.54, 1.807) is 4.90 Å². The van der Waals surface area contributed by atoms with Gasteiger partial charge in [0.05, 0.1) is 12.0 Å². The highest BCUT2D eigenvalue weighted by Gasteiger charge is 2.37. The van der Waals surface area contributed by atoms with Crippen LogP contribution >= 0.6 is 0 Å². The molecule has 1 aromatic carbocycles. The lowest BCUT2D eigenvalue weighted by Gasteiger charge is -2.39. The Morgan fingerprint density at radius 1 is 1.07 bits per heavy atom. The number of rotatable bonds is 6. The zero-order chi connectivity index (χ0) is 20.0. The normalized spacial score (nSPS) is 21.0. The summed E-state index contributed by atoms with van der Waals surface area (Å²) in [5.41, 5.74) is 0.261. The fourth-order valence-corrected chi connectivity index (χ4v) is 4.67. The summed E-state index contributed by atoms with van der Waals surface area (Å²) in [6.45, 7) is 5.04. The van der Waals surface area contributed by atoms with Gasteiger partial charge >= 0.3 is 0 Å². The number of hydrogen-bond donors (Lipinski definition) is 2. The van der Waals surface area contributed by atoms with E-state index in [9.17, 15) is 14.7 Å². The van der Waals surface area contributed by atoms with Gasteiger partial charge in [-0.25, -0.2) is 0 Å². The van der Waals surface area contributed by atoms with Gasteiger partial charge in [0.1, 0.15) is 0 Å². The van der Waals surface area contributed by atoms with Gasteiger partial charge in [0.25, 0.3) is 0 Å². The molecule has 0 unspecified atom stereocenters. The van der Waals surface area contributed by atoms with E-state index in [2.05, 4.69) is 36.2 Å². The molecule has 2 N–H and O–H groups in total. The average Bonchev–Trinajstić information content (AvgIpc) is 2.73. The summed E-state index contributed by atoms with van der Waals surface area (Å²) in [4.78, 5) is 26.0. The van der Waals surface area contributed by atoms with Crippen LogP contribution in [0.5, 0.6) is 0 Å². The zero-order valence-electron chi connectivity index (χ0n) is 16.7. The number of likely N-dealkylation sites (tertiary alicyclic amines) is 1. The van der Waals surface area contributed by atoms with Crippen molar-refractivity contribution in [2.45, 2.75) is 62.4 Å². The molecule has 28 heavy (non-hydrogen) atoms. The lowest BCUT2D eigenvalue weighted by atomic mass is 9.69. The van der Waals surface area contributed by atoms with E-state index in [-0.39, 0.29) is 23.7 Å². The van der Waals surface area contributed by atoms with Crippen molar-refractivity contribution in [2.24, 2.45) is 0 Å². The first kappa shape index (κ1) is 20.6. The third-order valence-corrected chi connectivity index (χ3v) is 6.49. The fraction of sp³-hybridized carbons (Fsp3) is 0.565. The quantitative estimate of drug-likeness (QED) is 0.741. The maximum absolute atomic E-state index is 12.6. The summed E-state index contributed by atoms with van der Waals surface area (Å²) in [5.74, 6) is -0.222. The molecular formula is C23H32N2O3. The molecule has 5 nitrogen and oxygen atoms in total. The van der Waals surface area contributed by atoms with Crippen molar-refractivity contribution in [1.82, 2.24) is 10.2 Å². The Balaban J connectivity index is 1.57. The van der Waals surface area contributed by atoms with E-state index in [0.717, 1.165) is 12.8 Å². The Kier molecular flexibility index (Phi) is 6.55. The number of carbonyl (C=O) groups is 2. The van der Waals surface area contributed by atoms with Crippen molar-refractivity contribution >= 4 is 11.8 Å². The van der Waals surface area contributed by atoms with Gasteiger partial charge in [-0.1, -0.05) is 56.2 Å². The molecular weight excluding hydrogens is 352 g/mol. The number of aliphatic hydroxyl groups is 1. The number of piperidine rings is 1. The van der Waals surface area contributed by atoms with Crippen molar-refractivity contribution in [1.29, 1.82) is 0 Å². The monoisotopic (exact) mass is 384 g/mol. The molecule has 2 aliphatic rings. The van der Waals surface area contributed by atoms with Crippen LogP contribution < -0.4 is 5.32 Å². The summed E-state index contributed by atoms with van der Waals surface area (Å²) in [6.07, 6.45) is 8.01. The van der Waals surface area contributed by atoms with Crippen molar-refractivity contribution in [3.05, 3.63) is 48.6 Å². The highest BCUT2D eigenvalue weighted by atomic mass is 16.3. The number of amides is 2. The van der Waals surface area contributed by atoms with Crippen molar-refractivity contribution < 1.29 is 14.7 Å². The molecule has 2 amide bonds. The second-order valence-corrected chi connectivity index (χ2v) is 8.41. The molecule has 1 saturated carbocycles. The first-order valence-electron chi connectivity index (χ1n) is 10.4. The third kappa shape index (κ3) is 4.82. The maximum Gasteiger partial charge on any atom is 0.245 e. The van der Waals surface area contributed by atoms with Gasteiger partial charge < -0.3 is 15.3 Å². The van der Waals surface area contributed by atoms with Crippen molar-refractivity contribution in [3.63, 3.8) is 0 Å². The highest BCUT2D eigenvalue weighted by molar-refractivity contribution is 5.87. The summed E-state index contributed by atoms with van der Waals surface area (Å²) >= 11 is 0. The highest BCUT2D eigenvalue weighted by Crippen LogP contribution is 2.39. The minimum Gasteiger partial charge on any atom is -0.389 e. The Labute approximate surface area is 167 Å². The molecule has 1 aromatic rings. The van der Waals surface area contributed by atoms with Gasteiger partial charge in [0, 0.05) is 25.0 Å². The first-order valence-corrected chi connectivity index (χ1v) is 10.4. The molecule has 1 saturated heterocycles. The van der Waals surface area contributed by atoms with E-state index < -0.39 is 5.60 Å². The zero-order valence-corrected chi connectivity index (χ0v) is 16.7. The second-order valence-electron chi connectivity index (χ2n) is 8.41. The fourth-order valence-electron chi connectivity index (χ4n) is 4.67. The number of carbonyl (C=O) groups excluding carboxylic acids is 2. The molecule has 5 heteroatoms. The molecule has 0 atom stereocenters. The Hall–Kier alpha value is -2.14. The lowest BCUT2D eigenvalue weighted by Crippen LogP contribution is -2.49. The smallest absolute Gasteiger partial charge is 0.245 e. The largest absolute Gasteiger partial charge is 0.389 e. The van der Waals surface area contributed by atoms with Crippen molar-refractivity contribution in [3.8, 4) is 0 Å². The topological polar surface area (TPSA) is 69.6 Å². The van der Waals surface area contributed by atoms with Crippen LogP contribution in [-0.2, 0) is 15.0 Å². The number of hydrogen-bond acceptors (Lipinski definition) is 3. The number of benzene rings is 1. The average molecular weight is 385 g/mol. The van der Waals surface area contributed by atoms with Gasteiger partial charge in [0.15, 0.2) is 0 Å². The number of nitrogens with one attached hydrogen (secondary N) is 1. The summed E-state index contributed by atoms with van der Waals surface area (Å²) in [7, 11) is 0. The van der Waals surface area contributed by atoms with Crippen LogP contribution in [0.4, 0.5) is 0 Å². The first-order chi connectivity index (χ1) is 13.5. The van der Waals surface area contributed by atoms with E-state index >= 15 is 0 Å². The van der Waals surface area contributed by atoms with E-state index in [0.29, 0.717) is 32.5 Å². The molecule has 2 fully saturated rings. The van der Waals surface area contributed by atoms with Gasteiger partial charge in [-0.3, -0.25) is 9.59 Å².